The van der Waals surface area contributed by atoms with Crippen LogP contribution in [0.1, 0.15) is 45.7 Å². The molecule has 3 N–H and O–H groups in total. The van der Waals surface area contributed by atoms with Gasteiger partial charge >= 0.3 is 11.9 Å². The van der Waals surface area contributed by atoms with Crippen molar-refractivity contribution in [3.63, 3.8) is 0 Å². The van der Waals surface area contributed by atoms with E-state index in [0.717, 1.165) is 19.3 Å². The van der Waals surface area contributed by atoms with E-state index in [-0.39, 0.29) is 5.70 Å². The molecule has 1 aliphatic carbocycles. The van der Waals surface area contributed by atoms with E-state index in [1.54, 1.807) is 32.2 Å². The fourth-order valence-electron chi connectivity index (χ4n) is 3.54. The van der Waals surface area contributed by atoms with E-state index < -0.39 is 47.4 Å². The van der Waals surface area contributed by atoms with Crippen LogP contribution in [0.4, 0.5) is 5.13 Å². The maximum Gasteiger partial charge on any atom is 0.357 e. The van der Waals surface area contributed by atoms with E-state index in [1.807, 2.05) is 6.08 Å². The lowest BCUT2D eigenvalue weighted by atomic mass is 9.98. The maximum absolute atomic E-state index is 13.1. The second kappa shape index (κ2) is 10.0. The van der Waals surface area contributed by atoms with Crippen LogP contribution in [0, 0.1) is 11.3 Å². The van der Waals surface area contributed by atoms with Crippen LogP contribution in [0.25, 0.3) is 5.57 Å². The minimum absolute atomic E-state index is 0.0767. The second-order valence-electron chi connectivity index (χ2n) is 9.57. The van der Waals surface area contributed by atoms with E-state index in [9.17, 15) is 19.2 Å². The average Bonchev–Trinajstić information content (AvgIpc) is 3.54. The highest BCUT2D eigenvalue weighted by Crippen LogP contribution is 2.38. The Labute approximate surface area is 211 Å². The van der Waals surface area contributed by atoms with Crippen molar-refractivity contribution < 1.29 is 28.7 Å². The van der Waals surface area contributed by atoms with Gasteiger partial charge in [-0.1, -0.05) is 6.08 Å². The van der Waals surface area contributed by atoms with Crippen molar-refractivity contribution in [2.75, 3.05) is 18.3 Å². The number of carbonyl (C=O) groups is 4. The van der Waals surface area contributed by atoms with Gasteiger partial charge < -0.3 is 20.5 Å². The molecular formula is C23H28N4O6S2. The number of thiazole rings is 1. The maximum atomic E-state index is 13.1. The molecule has 2 atom stereocenters. The van der Waals surface area contributed by atoms with Gasteiger partial charge in [-0.2, -0.15) is 0 Å². The predicted molar refractivity (Wildman–Crippen MR) is 131 cm³/mol. The summed E-state index contributed by atoms with van der Waals surface area (Å²) in [5, 5.41) is 4.45. The zero-order valence-electron chi connectivity index (χ0n) is 19.7. The molecule has 0 spiro atoms. The van der Waals surface area contributed by atoms with Gasteiger partial charge in [0.15, 0.2) is 5.13 Å². The Morgan fingerprint density at radius 2 is 2.03 bits per heavy atom. The van der Waals surface area contributed by atoms with Gasteiger partial charge in [0.25, 0.3) is 11.8 Å². The van der Waals surface area contributed by atoms with Crippen molar-refractivity contribution in [3.05, 3.63) is 28.9 Å². The van der Waals surface area contributed by atoms with Crippen molar-refractivity contribution in [2.24, 2.45) is 11.3 Å². The number of anilines is 1. The number of carbonyl (C=O) groups excluding carboxylic acids is 4. The fraction of sp³-hybridized carbons (Fsp3) is 0.522. The van der Waals surface area contributed by atoms with E-state index in [2.05, 4.69) is 10.3 Å². The molecule has 0 unspecified atom stereocenters. The summed E-state index contributed by atoms with van der Waals surface area (Å²) in [6.45, 7) is 4.52. The molecule has 1 saturated heterocycles. The summed E-state index contributed by atoms with van der Waals surface area (Å²) >= 11 is 2.67. The van der Waals surface area contributed by atoms with Gasteiger partial charge in [-0.15, -0.1) is 23.1 Å². The average molecular weight is 521 g/mol. The summed E-state index contributed by atoms with van der Waals surface area (Å²) in [4.78, 5) is 56.0. The van der Waals surface area contributed by atoms with Crippen molar-refractivity contribution in [2.45, 2.75) is 51.4 Å². The van der Waals surface area contributed by atoms with E-state index in [4.69, 9.17) is 15.2 Å². The molecule has 0 aromatic carbocycles. The van der Waals surface area contributed by atoms with Crippen LogP contribution in [0.2, 0.25) is 0 Å². The quantitative estimate of drug-likeness (QED) is 0.228. The Kier molecular flexibility index (Phi) is 7.22. The number of esters is 2. The molecule has 12 heteroatoms. The highest BCUT2D eigenvalue weighted by molar-refractivity contribution is 8.00. The first kappa shape index (κ1) is 25.2. The number of rotatable bonds is 8. The number of amides is 2. The molecule has 1 aromatic heterocycles. The molecule has 35 heavy (non-hydrogen) atoms. The first-order valence-corrected chi connectivity index (χ1v) is 13.2. The second-order valence-corrected chi connectivity index (χ2v) is 11.6. The molecule has 4 rings (SSSR count). The van der Waals surface area contributed by atoms with E-state index >= 15 is 0 Å². The van der Waals surface area contributed by atoms with Crippen LogP contribution >= 0.6 is 23.1 Å². The fourth-order valence-corrected chi connectivity index (χ4v) is 5.30. The van der Waals surface area contributed by atoms with Gasteiger partial charge in [-0.3, -0.25) is 19.3 Å². The topological polar surface area (TPSA) is 141 Å². The Morgan fingerprint density at radius 3 is 2.66 bits per heavy atom. The molecule has 3 heterocycles. The lowest BCUT2D eigenvalue weighted by Crippen LogP contribution is -2.70. The van der Waals surface area contributed by atoms with Crippen LogP contribution in [0.3, 0.4) is 0 Å². The summed E-state index contributed by atoms with van der Waals surface area (Å²) < 4.78 is 10.0. The number of fused-ring (bicyclic) bond motifs is 1. The standard InChI is InChI=1S/C23H28N4O6S2/c1-23(2,3)21(31)33-11-32-20(30)15-8-9-34-19-16(18(29)27(15)19)26-17(28)13(7-6-12-4-5-12)14-10-35-22(24)25-14/h7-8,10,12,16,19H,4-6,9,11H2,1-3H3,(H2,24,25)(H,26,28)/b13-7-/t16-,19-/m1/s1. The highest BCUT2D eigenvalue weighted by atomic mass is 32.2. The van der Waals surface area contributed by atoms with Crippen LogP contribution in [0.15, 0.2) is 23.2 Å². The zero-order valence-corrected chi connectivity index (χ0v) is 21.4. The number of aromatic nitrogens is 1. The van der Waals surface area contributed by atoms with Crippen molar-refractivity contribution in [3.8, 4) is 0 Å². The lowest BCUT2D eigenvalue weighted by molar-refractivity contribution is -0.173. The molecule has 0 radical (unpaired) electrons. The molecule has 1 saturated carbocycles. The van der Waals surface area contributed by atoms with Crippen molar-refractivity contribution in [1.82, 2.24) is 15.2 Å². The monoisotopic (exact) mass is 520 g/mol. The minimum atomic E-state index is -0.789. The Morgan fingerprint density at radius 1 is 1.29 bits per heavy atom. The largest absolute Gasteiger partial charge is 0.427 e. The summed E-state index contributed by atoms with van der Waals surface area (Å²) in [6.07, 6.45) is 6.49. The van der Waals surface area contributed by atoms with Crippen molar-refractivity contribution in [1.29, 1.82) is 0 Å². The molecule has 10 nitrogen and oxygen atoms in total. The number of nitrogens with one attached hydrogen (secondary N) is 1. The number of thioether (sulfide) groups is 1. The van der Waals surface area contributed by atoms with Crippen molar-refractivity contribution >= 4 is 57.6 Å². The molecule has 1 aromatic rings. The summed E-state index contributed by atoms with van der Waals surface area (Å²) in [5.41, 5.74) is 5.99. The van der Waals surface area contributed by atoms with E-state index in [1.165, 1.54) is 28.0 Å². The zero-order chi connectivity index (χ0) is 25.3. The highest BCUT2D eigenvalue weighted by Gasteiger charge is 2.53. The van der Waals surface area contributed by atoms with Gasteiger partial charge in [0.05, 0.1) is 16.7 Å². The van der Waals surface area contributed by atoms with Gasteiger partial charge in [-0.25, -0.2) is 9.78 Å². The van der Waals surface area contributed by atoms with Gasteiger partial charge in [0.2, 0.25) is 6.79 Å². The SMILES string of the molecule is CC(C)(C)C(=O)OCOC(=O)C1=CCS[C@@H]2[C@H](NC(=O)/C(=C\CC3CC3)c3csc(N)n3)C(=O)N12. The first-order chi connectivity index (χ1) is 16.6. The first-order valence-electron chi connectivity index (χ1n) is 11.3. The number of hydrogen-bond donors (Lipinski definition) is 2. The number of nitrogen functional groups attached to an aromatic ring is 1. The molecule has 2 aliphatic heterocycles. The summed E-state index contributed by atoms with van der Waals surface area (Å²) in [6, 6.07) is -0.789. The third-order valence-corrected chi connectivity index (χ3v) is 7.59. The minimum Gasteiger partial charge on any atom is -0.427 e. The molecule has 2 amide bonds. The third kappa shape index (κ3) is 5.69. The smallest absolute Gasteiger partial charge is 0.357 e. The van der Waals surface area contributed by atoms with Crippen LogP contribution in [-0.2, 0) is 28.7 Å². The number of allylic oxidation sites excluding steroid dienone is 1. The Bertz CT molecular complexity index is 1100. The van der Waals surface area contributed by atoms with Crippen LogP contribution < -0.4 is 11.1 Å². The van der Waals surface area contributed by atoms with Gasteiger partial charge in [0, 0.05) is 11.1 Å². The Balaban J connectivity index is 1.37. The summed E-state index contributed by atoms with van der Waals surface area (Å²) in [5.74, 6) is -1.05. The van der Waals surface area contributed by atoms with E-state index in [0.29, 0.717) is 28.1 Å². The van der Waals surface area contributed by atoms with Gasteiger partial charge in [0.1, 0.15) is 17.1 Å². The number of hydrogen-bond acceptors (Lipinski definition) is 10. The molecule has 0 bridgehead atoms. The molecule has 188 valence electrons. The van der Waals surface area contributed by atoms with Crippen LogP contribution in [0.5, 0.6) is 0 Å². The molecular weight excluding hydrogens is 492 g/mol. The van der Waals surface area contributed by atoms with Crippen LogP contribution in [-0.4, -0.2) is 57.6 Å². The Hall–Kier alpha value is -2.86. The number of β-lactam (4-membered cyclic amide) rings is 1. The molecule has 2 fully saturated rings. The summed E-state index contributed by atoms with van der Waals surface area (Å²) in [7, 11) is 0. The number of ether oxygens (including phenoxy) is 2. The van der Waals surface area contributed by atoms with Gasteiger partial charge in [-0.05, 0) is 52.0 Å². The lowest BCUT2D eigenvalue weighted by Gasteiger charge is -2.48. The third-order valence-electron chi connectivity index (χ3n) is 5.73. The normalized spacial score (nSPS) is 22.0. The predicted octanol–water partition coefficient (Wildman–Crippen LogP) is 2.28. The number of nitrogens with two attached hydrogens (primary N) is 1. The number of nitrogens with zero attached hydrogens (tertiary/aromatic N) is 2. The molecule has 3 aliphatic rings.